The number of carbonyl (C=O) groups excluding carboxylic acids is 2. The van der Waals surface area contributed by atoms with E-state index in [1.54, 1.807) is 32.4 Å². The van der Waals surface area contributed by atoms with Gasteiger partial charge in [-0.15, -0.1) is 0 Å². The van der Waals surface area contributed by atoms with Crippen molar-refractivity contribution in [3.05, 3.63) is 53.6 Å². The fourth-order valence-corrected chi connectivity index (χ4v) is 3.63. The van der Waals surface area contributed by atoms with Crippen molar-refractivity contribution >= 4 is 17.5 Å². The van der Waals surface area contributed by atoms with Crippen LogP contribution in [0, 0.1) is 0 Å². The maximum Gasteiger partial charge on any atom is 0.228 e. The van der Waals surface area contributed by atoms with Gasteiger partial charge in [0.15, 0.2) is 0 Å². The Morgan fingerprint density at radius 2 is 1.87 bits per heavy atom. The lowest BCUT2D eigenvalue weighted by molar-refractivity contribution is -0.120. The predicted octanol–water partition coefficient (Wildman–Crippen LogP) is 3.24. The number of hydrogen-bond donors (Lipinski definition) is 2. The van der Waals surface area contributed by atoms with Crippen LogP contribution in [-0.4, -0.2) is 38.7 Å². The van der Waals surface area contributed by atoms with Crippen LogP contribution in [0.25, 0.3) is 0 Å². The quantitative estimate of drug-likeness (QED) is 0.729. The van der Waals surface area contributed by atoms with E-state index in [4.69, 9.17) is 14.2 Å². The van der Waals surface area contributed by atoms with Crippen molar-refractivity contribution in [1.29, 1.82) is 0 Å². The molecular weight excluding hydrogens is 384 g/mol. The SMILES string of the molecule is COc1ccc(OC)c(CC(=O)Nc2ccc([C@@H]3C[C@H](NC(C)=O)CCO3)cc2)c1. The molecule has 2 N–H and O–H groups in total. The number of amides is 2. The average Bonchev–Trinajstić information content (AvgIpc) is 2.74. The first-order valence-electron chi connectivity index (χ1n) is 9.98. The summed E-state index contributed by atoms with van der Waals surface area (Å²) >= 11 is 0. The molecule has 3 rings (SSSR count). The van der Waals surface area contributed by atoms with Crippen LogP contribution in [0.3, 0.4) is 0 Å². The summed E-state index contributed by atoms with van der Waals surface area (Å²) in [6, 6.07) is 13.1. The lowest BCUT2D eigenvalue weighted by Gasteiger charge is -2.30. The van der Waals surface area contributed by atoms with Gasteiger partial charge in [0, 0.05) is 30.8 Å². The first-order valence-corrected chi connectivity index (χ1v) is 9.98. The Kier molecular flexibility index (Phi) is 7.30. The van der Waals surface area contributed by atoms with E-state index in [0.29, 0.717) is 23.8 Å². The number of nitrogens with one attached hydrogen (secondary N) is 2. The molecule has 2 aromatic rings. The molecule has 2 aromatic carbocycles. The molecule has 0 saturated carbocycles. The zero-order chi connectivity index (χ0) is 21.5. The largest absolute Gasteiger partial charge is 0.497 e. The van der Waals surface area contributed by atoms with Crippen LogP contribution in [0.15, 0.2) is 42.5 Å². The van der Waals surface area contributed by atoms with E-state index in [2.05, 4.69) is 10.6 Å². The Labute approximate surface area is 176 Å². The third-order valence-corrected chi connectivity index (χ3v) is 5.10. The summed E-state index contributed by atoms with van der Waals surface area (Å²) in [4.78, 5) is 23.8. The molecule has 0 bridgehead atoms. The van der Waals surface area contributed by atoms with Crippen LogP contribution in [0.4, 0.5) is 5.69 Å². The van der Waals surface area contributed by atoms with Crippen molar-refractivity contribution in [3.8, 4) is 11.5 Å². The summed E-state index contributed by atoms with van der Waals surface area (Å²) in [7, 11) is 3.16. The van der Waals surface area contributed by atoms with Crippen LogP contribution in [-0.2, 0) is 20.7 Å². The summed E-state index contributed by atoms with van der Waals surface area (Å²) in [6.45, 7) is 2.14. The predicted molar refractivity (Wildman–Crippen MR) is 114 cm³/mol. The molecule has 7 heteroatoms. The smallest absolute Gasteiger partial charge is 0.228 e. The van der Waals surface area contributed by atoms with Crippen molar-refractivity contribution in [3.63, 3.8) is 0 Å². The fourth-order valence-electron chi connectivity index (χ4n) is 3.63. The van der Waals surface area contributed by atoms with E-state index >= 15 is 0 Å². The molecule has 0 unspecified atom stereocenters. The normalized spacial score (nSPS) is 18.4. The zero-order valence-corrected chi connectivity index (χ0v) is 17.6. The second-order valence-corrected chi connectivity index (χ2v) is 7.31. The topological polar surface area (TPSA) is 85.9 Å². The average molecular weight is 412 g/mol. The van der Waals surface area contributed by atoms with Gasteiger partial charge in [0.2, 0.25) is 11.8 Å². The first-order chi connectivity index (χ1) is 14.5. The van der Waals surface area contributed by atoms with Gasteiger partial charge in [0.05, 0.1) is 26.7 Å². The first kappa shape index (κ1) is 21.6. The van der Waals surface area contributed by atoms with Crippen molar-refractivity contribution in [2.24, 2.45) is 0 Å². The molecular formula is C23H28N2O5. The molecule has 1 fully saturated rings. The highest BCUT2D eigenvalue weighted by Gasteiger charge is 2.24. The van der Waals surface area contributed by atoms with Crippen molar-refractivity contribution in [2.75, 3.05) is 26.1 Å². The molecule has 0 spiro atoms. The summed E-state index contributed by atoms with van der Waals surface area (Å²) in [5, 5.41) is 5.88. The maximum absolute atomic E-state index is 12.5. The Balaban J connectivity index is 1.60. The minimum absolute atomic E-state index is 0.0219. The lowest BCUT2D eigenvalue weighted by Crippen LogP contribution is -2.38. The van der Waals surface area contributed by atoms with Crippen LogP contribution in [0.1, 0.15) is 37.0 Å². The molecule has 160 valence electrons. The van der Waals surface area contributed by atoms with Crippen molar-refractivity contribution in [1.82, 2.24) is 5.32 Å². The van der Waals surface area contributed by atoms with Gasteiger partial charge >= 0.3 is 0 Å². The van der Waals surface area contributed by atoms with E-state index in [9.17, 15) is 9.59 Å². The number of methoxy groups -OCH3 is 2. The molecule has 7 nitrogen and oxygen atoms in total. The maximum atomic E-state index is 12.5. The summed E-state index contributed by atoms with van der Waals surface area (Å²) in [6.07, 6.45) is 1.66. The van der Waals surface area contributed by atoms with Crippen molar-refractivity contribution in [2.45, 2.75) is 38.3 Å². The van der Waals surface area contributed by atoms with Crippen LogP contribution >= 0.6 is 0 Å². The highest BCUT2D eigenvalue weighted by atomic mass is 16.5. The van der Waals surface area contributed by atoms with E-state index < -0.39 is 0 Å². The molecule has 1 aliphatic rings. The van der Waals surface area contributed by atoms with E-state index in [0.717, 1.165) is 24.0 Å². The minimum Gasteiger partial charge on any atom is -0.497 e. The third-order valence-electron chi connectivity index (χ3n) is 5.10. The molecule has 0 aliphatic carbocycles. The molecule has 2 amide bonds. The molecule has 0 radical (unpaired) electrons. The summed E-state index contributed by atoms with van der Waals surface area (Å²) in [5.41, 5.74) is 2.49. The molecule has 0 aromatic heterocycles. The van der Waals surface area contributed by atoms with Crippen LogP contribution in [0.5, 0.6) is 11.5 Å². The molecule has 1 aliphatic heterocycles. The lowest BCUT2D eigenvalue weighted by atomic mass is 9.97. The molecule has 2 atom stereocenters. The molecule has 1 heterocycles. The van der Waals surface area contributed by atoms with E-state index in [1.807, 2.05) is 24.3 Å². The van der Waals surface area contributed by atoms with Gasteiger partial charge in [-0.25, -0.2) is 0 Å². The van der Waals surface area contributed by atoms with Crippen molar-refractivity contribution < 1.29 is 23.8 Å². The fraction of sp³-hybridized carbons (Fsp3) is 0.391. The molecule has 1 saturated heterocycles. The van der Waals surface area contributed by atoms with Gasteiger partial charge in [0.1, 0.15) is 11.5 Å². The van der Waals surface area contributed by atoms with E-state index in [1.165, 1.54) is 6.92 Å². The second-order valence-electron chi connectivity index (χ2n) is 7.31. The molecule has 30 heavy (non-hydrogen) atoms. The second kappa shape index (κ2) is 10.1. The number of carbonyl (C=O) groups is 2. The van der Waals surface area contributed by atoms with Gasteiger partial charge in [-0.2, -0.15) is 0 Å². The standard InChI is InChI=1S/C23H28N2O5/c1-15(26)24-19-10-11-30-22(14-19)16-4-6-18(7-5-16)25-23(27)13-17-12-20(28-2)8-9-21(17)29-3/h4-9,12,19,22H,10-11,13-14H2,1-3H3,(H,24,26)(H,25,27)/t19-,22+/m1/s1. The highest BCUT2D eigenvalue weighted by molar-refractivity contribution is 5.92. The monoisotopic (exact) mass is 412 g/mol. The van der Waals surface area contributed by atoms with Gasteiger partial charge in [-0.05, 0) is 48.7 Å². The Morgan fingerprint density at radius 1 is 1.10 bits per heavy atom. The summed E-state index contributed by atoms with van der Waals surface area (Å²) < 4.78 is 16.4. The number of hydrogen-bond acceptors (Lipinski definition) is 5. The highest BCUT2D eigenvalue weighted by Crippen LogP contribution is 2.29. The summed E-state index contributed by atoms with van der Waals surface area (Å²) in [5.74, 6) is 1.15. The van der Waals surface area contributed by atoms with Gasteiger partial charge in [-0.3, -0.25) is 9.59 Å². The van der Waals surface area contributed by atoms with E-state index in [-0.39, 0.29) is 30.4 Å². The van der Waals surface area contributed by atoms with Crippen LogP contribution < -0.4 is 20.1 Å². The Morgan fingerprint density at radius 3 is 2.53 bits per heavy atom. The van der Waals surface area contributed by atoms with Crippen LogP contribution in [0.2, 0.25) is 0 Å². The van der Waals surface area contributed by atoms with Gasteiger partial charge < -0.3 is 24.8 Å². The number of benzene rings is 2. The minimum atomic E-state index is -0.144. The van der Waals surface area contributed by atoms with Gasteiger partial charge in [-0.1, -0.05) is 12.1 Å². The number of ether oxygens (including phenoxy) is 3. The zero-order valence-electron chi connectivity index (χ0n) is 17.6. The Bertz CT molecular complexity index is 882. The third kappa shape index (κ3) is 5.73. The Hall–Kier alpha value is -3.06. The number of anilines is 1. The van der Waals surface area contributed by atoms with Gasteiger partial charge in [0.25, 0.3) is 0 Å². The number of rotatable bonds is 7.